The molecule has 0 aromatic heterocycles. The van der Waals surface area contributed by atoms with Crippen LogP contribution < -0.4 is 16.2 Å². The van der Waals surface area contributed by atoms with Gasteiger partial charge in [0.15, 0.2) is 0 Å². The van der Waals surface area contributed by atoms with Gasteiger partial charge in [-0.05, 0) is 67.9 Å². The van der Waals surface area contributed by atoms with Crippen molar-refractivity contribution in [2.24, 2.45) is 0 Å². The SMILES string of the molecule is CNNCc1ccc(C(=O)NC(C)C)cc1.Cl.Clc1ccc(C(c2ccccc2Cl)C(Cl)Cl)cc1. The zero-order chi connectivity index (χ0) is 25.1. The Morgan fingerprint density at radius 3 is 2.00 bits per heavy atom. The smallest absolute Gasteiger partial charge is 0.251 e. The molecule has 1 amide bonds. The highest BCUT2D eigenvalue weighted by atomic mass is 35.5. The molecule has 1 atom stereocenters. The van der Waals surface area contributed by atoms with E-state index in [-0.39, 0.29) is 30.3 Å². The van der Waals surface area contributed by atoms with Gasteiger partial charge in [-0.25, -0.2) is 0 Å². The van der Waals surface area contributed by atoms with Gasteiger partial charge in [-0.1, -0.05) is 65.7 Å². The van der Waals surface area contributed by atoms with Crippen LogP contribution in [0.15, 0.2) is 72.8 Å². The zero-order valence-corrected chi connectivity index (χ0v) is 23.5. The summed E-state index contributed by atoms with van der Waals surface area (Å²) < 4.78 is 0. The van der Waals surface area contributed by atoms with E-state index in [0.717, 1.165) is 23.2 Å². The van der Waals surface area contributed by atoms with Crippen molar-refractivity contribution in [3.8, 4) is 0 Å². The van der Waals surface area contributed by atoms with E-state index in [0.29, 0.717) is 15.6 Å². The van der Waals surface area contributed by atoms with Crippen LogP contribution in [-0.4, -0.2) is 23.8 Å². The third-order valence-corrected chi connectivity index (χ3v) is 5.93. The summed E-state index contributed by atoms with van der Waals surface area (Å²) in [6.07, 6.45) is 0. The van der Waals surface area contributed by atoms with Gasteiger partial charge in [0.25, 0.3) is 5.91 Å². The van der Waals surface area contributed by atoms with Crippen molar-refractivity contribution < 1.29 is 4.79 Å². The molecular weight excluding hydrogens is 548 g/mol. The second kappa shape index (κ2) is 16.3. The van der Waals surface area contributed by atoms with E-state index in [1.54, 1.807) is 0 Å². The molecule has 0 bridgehead atoms. The number of hydrogen-bond donors (Lipinski definition) is 3. The summed E-state index contributed by atoms with van der Waals surface area (Å²) in [6, 6.07) is 22.7. The number of hydrogen-bond acceptors (Lipinski definition) is 3. The van der Waals surface area contributed by atoms with Crippen molar-refractivity contribution in [1.82, 2.24) is 16.2 Å². The van der Waals surface area contributed by atoms with Crippen LogP contribution in [0.25, 0.3) is 0 Å². The van der Waals surface area contributed by atoms with Gasteiger partial charge in [0.05, 0.1) is 0 Å². The van der Waals surface area contributed by atoms with Gasteiger partial charge in [-0.2, -0.15) is 0 Å². The fourth-order valence-electron chi connectivity index (χ4n) is 3.17. The lowest BCUT2D eigenvalue weighted by Crippen LogP contribution is -2.30. The number of nitrogens with one attached hydrogen (secondary N) is 3. The lowest BCUT2D eigenvalue weighted by molar-refractivity contribution is 0.0943. The Hall–Kier alpha value is -1.50. The molecule has 0 spiro atoms. The van der Waals surface area contributed by atoms with E-state index in [4.69, 9.17) is 46.4 Å². The molecule has 0 fully saturated rings. The van der Waals surface area contributed by atoms with Gasteiger partial charge < -0.3 is 5.32 Å². The predicted octanol–water partition coefficient (Wildman–Crippen LogP) is 7.40. The molecule has 190 valence electrons. The molecule has 0 saturated heterocycles. The van der Waals surface area contributed by atoms with E-state index >= 15 is 0 Å². The van der Waals surface area contributed by atoms with Crippen molar-refractivity contribution in [2.45, 2.75) is 37.2 Å². The summed E-state index contributed by atoms with van der Waals surface area (Å²) in [5, 5.41) is 4.19. The van der Waals surface area contributed by atoms with E-state index in [9.17, 15) is 4.79 Å². The maximum Gasteiger partial charge on any atom is 0.251 e. The number of carbonyl (C=O) groups is 1. The molecule has 9 heteroatoms. The molecular formula is C26H30Cl5N3O. The number of hydrazine groups is 1. The van der Waals surface area contributed by atoms with Gasteiger partial charge in [0.1, 0.15) is 4.84 Å². The Bertz CT molecular complexity index is 1030. The minimum atomic E-state index is -0.578. The maximum absolute atomic E-state index is 11.6. The first-order valence-corrected chi connectivity index (χ1v) is 12.4. The van der Waals surface area contributed by atoms with Crippen LogP contribution in [0.5, 0.6) is 0 Å². The lowest BCUT2D eigenvalue weighted by atomic mass is 9.93. The molecule has 1 unspecified atom stereocenters. The average Bonchev–Trinajstić information content (AvgIpc) is 2.80. The lowest BCUT2D eigenvalue weighted by Gasteiger charge is -2.20. The zero-order valence-electron chi connectivity index (χ0n) is 19.7. The van der Waals surface area contributed by atoms with Crippen LogP contribution in [0.3, 0.4) is 0 Å². The summed E-state index contributed by atoms with van der Waals surface area (Å²) in [5.74, 6) is -0.192. The van der Waals surface area contributed by atoms with Crippen molar-refractivity contribution in [1.29, 1.82) is 0 Å². The summed E-state index contributed by atoms with van der Waals surface area (Å²) in [5.41, 5.74) is 9.58. The van der Waals surface area contributed by atoms with Crippen LogP contribution in [0, 0.1) is 0 Å². The van der Waals surface area contributed by atoms with E-state index in [1.165, 1.54) is 0 Å². The third kappa shape index (κ3) is 10.6. The number of halogens is 5. The highest BCUT2D eigenvalue weighted by molar-refractivity contribution is 6.45. The molecule has 3 N–H and O–H groups in total. The first-order chi connectivity index (χ1) is 16.2. The Balaban J connectivity index is 0.000000343. The van der Waals surface area contributed by atoms with E-state index in [1.807, 2.05) is 93.7 Å². The van der Waals surface area contributed by atoms with Crippen LogP contribution in [0.1, 0.15) is 46.8 Å². The van der Waals surface area contributed by atoms with Crippen LogP contribution in [0.4, 0.5) is 0 Å². The van der Waals surface area contributed by atoms with Crippen molar-refractivity contribution in [3.05, 3.63) is 105 Å². The van der Waals surface area contributed by atoms with E-state index < -0.39 is 4.84 Å². The molecule has 0 aliphatic heterocycles. The van der Waals surface area contributed by atoms with E-state index in [2.05, 4.69) is 16.2 Å². The molecule has 0 radical (unpaired) electrons. The summed E-state index contributed by atoms with van der Waals surface area (Å²) in [6.45, 7) is 4.63. The second-order valence-corrected chi connectivity index (χ2v) is 9.82. The van der Waals surface area contributed by atoms with Gasteiger partial charge in [0.2, 0.25) is 0 Å². The van der Waals surface area contributed by atoms with Crippen molar-refractivity contribution >= 4 is 64.7 Å². The second-order valence-electron chi connectivity index (χ2n) is 7.81. The molecule has 0 saturated carbocycles. The average molecular weight is 578 g/mol. The molecule has 4 nitrogen and oxygen atoms in total. The number of alkyl halides is 2. The monoisotopic (exact) mass is 575 g/mol. The number of rotatable bonds is 8. The van der Waals surface area contributed by atoms with Gasteiger partial charge in [0, 0.05) is 34.1 Å². The highest BCUT2D eigenvalue weighted by Gasteiger charge is 2.23. The maximum atomic E-state index is 11.6. The molecule has 3 rings (SSSR count). The molecule has 0 aliphatic rings. The van der Waals surface area contributed by atoms with Crippen LogP contribution in [-0.2, 0) is 6.54 Å². The minimum Gasteiger partial charge on any atom is -0.350 e. The Labute approximate surface area is 234 Å². The summed E-state index contributed by atoms with van der Waals surface area (Å²) in [4.78, 5) is 11.1. The molecule has 35 heavy (non-hydrogen) atoms. The van der Waals surface area contributed by atoms with Crippen LogP contribution >= 0.6 is 58.8 Å². The number of amides is 1. The Morgan fingerprint density at radius 1 is 0.886 bits per heavy atom. The quantitative estimate of drug-likeness (QED) is 0.193. The van der Waals surface area contributed by atoms with Crippen molar-refractivity contribution in [3.63, 3.8) is 0 Å². The molecule has 0 heterocycles. The van der Waals surface area contributed by atoms with Crippen molar-refractivity contribution in [2.75, 3.05) is 7.05 Å². The molecule has 3 aromatic carbocycles. The predicted molar refractivity (Wildman–Crippen MR) is 152 cm³/mol. The Kier molecular flexibility index (Phi) is 14.7. The first kappa shape index (κ1) is 31.5. The Morgan fingerprint density at radius 2 is 1.49 bits per heavy atom. The normalized spacial score (nSPS) is 11.3. The summed E-state index contributed by atoms with van der Waals surface area (Å²) >= 11 is 24.3. The summed E-state index contributed by atoms with van der Waals surface area (Å²) in [7, 11) is 1.82. The fourth-order valence-corrected chi connectivity index (χ4v) is 4.11. The van der Waals surface area contributed by atoms with Gasteiger partial charge in [-0.15, -0.1) is 35.6 Å². The fraction of sp³-hybridized carbons (Fsp3) is 0.269. The van der Waals surface area contributed by atoms with Crippen LogP contribution in [0.2, 0.25) is 10.0 Å². The minimum absolute atomic E-state index is 0. The number of benzene rings is 3. The standard InChI is InChI=1S/C14H10Cl4.C12H19N3O.ClH/c15-10-7-5-9(6-8-10)13(14(17)18)11-3-1-2-4-12(11)16;1-9(2)15-12(16)11-6-4-10(5-7-11)8-14-13-3;/h1-8,13-14H;4-7,9,13-14H,8H2,1-3H3,(H,15,16);1H. The van der Waals surface area contributed by atoms with Gasteiger partial charge in [-0.3, -0.25) is 15.6 Å². The third-order valence-electron chi connectivity index (χ3n) is 4.83. The first-order valence-electron chi connectivity index (χ1n) is 10.8. The topological polar surface area (TPSA) is 53.2 Å². The largest absolute Gasteiger partial charge is 0.350 e. The number of carbonyl (C=O) groups excluding carboxylic acids is 1. The molecule has 3 aromatic rings. The van der Waals surface area contributed by atoms with Gasteiger partial charge >= 0.3 is 0 Å². The molecule has 0 aliphatic carbocycles. The highest BCUT2D eigenvalue weighted by Crippen LogP contribution is 2.37.